The number of thiazole rings is 1. The van der Waals surface area contributed by atoms with Gasteiger partial charge in [-0.1, -0.05) is 0 Å². The van der Waals surface area contributed by atoms with Crippen LogP contribution in [0.2, 0.25) is 0 Å². The van der Waals surface area contributed by atoms with E-state index >= 15 is 0 Å². The lowest BCUT2D eigenvalue weighted by Gasteiger charge is -2.04. The molecule has 0 aliphatic carbocycles. The Kier molecular flexibility index (Phi) is 3.65. The Morgan fingerprint density at radius 1 is 1.29 bits per heavy atom. The number of aromatic nitrogens is 1. The summed E-state index contributed by atoms with van der Waals surface area (Å²) in [6.45, 7) is -2.87. The summed E-state index contributed by atoms with van der Waals surface area (Å²) in [6.07, 6.45) is 1.59. The van der Waals surface area contributed by atoms with Crippen molar-refractivity contribution in [3.63, 3.8) is 0 Å². The first kappa shape index (κ1) is 11.9. The number of benzene rings is 1. The van der Waals surface area contributed by atoms with Crippen molar-refractivity contribution >= 4 is 11.3 Å². The molecule has 0 spiro atoms. The molecule has 90 valence electrons. The van der Waals surface area contributed by atoms with E-state index in [9.17, 15) is 8.78 Å². The lowest BCUT2D eigenvalue weighted by molar-refractivity contribution is -0.0498. The van der Waals surface area contributed by atoms with Crippen LogP contribution in [-0.2, 0) is 6.61 Å². The third kappa shape index (κ3) is 2.98. The molecule has 0 aliphatic rings. The topological polar surface area (TPSA) is 42.4 Å². The fraction of sp³-hybridized carbons (Fsp3) is 0.182. The first-order chi connectivity index (χ1) is 8.19. The molecule has 0 saturated heterocycles. The molecule has 1 N–H and O–H groups in total. The van der Waals surface area contributed by atoms with Crippen molar-refractivity contribution in [2.75, 3.05) is 0 Å². The average molecular weight is 257 g/mol. The number of nitrogens with zero attached hydrogens (tertiary/aromatic N) is 1. The summed E-state index contributed by atoms with van der Waals surface area (Å²) in [5, 5.41) is 9.64. The van der Waals surface area contributed by atoms with Gasteiger partial charge in [0.05, 0.1) is 11.5 Å². The van der Waals surface area contributed by atoms with E-state index in [0.717, 1.165) is 15.4 Å². The number of aliphatic hydroxyl groups is 1. The zero-order valence-corrected chi connectivity index (χ0v) is 9.45. The number of hydrogen-bond donors (Lipinski definition) is 1. The Morgan fingerprint density at radius 3 is 2.53 bits per heavy atom. The Labute approximate surface area is 100 Å². The molecule has 0 atom stereocenters. The molecule has 0 saturated carbocycles. The molecular weight excluding hydrogens is 248 g/mol. The minimum absolute atomic E-state index is 0.0513. The molecule has 6 heteroatoms. The second-order valence-electron chi connectivity index (χ2n) is 3.19. The predicted molar refractivity (Wildman–Crippen MR) is 60.1 cm³/mol. The Hall–Kier alpha value is -1.53. The van der Waals surface area contributed by atoms with E-state index in [2.05, 4.69) is 9.72 Å². The summed E-state index contributed by atoms with van der Waals surface area (Å²) in [5.74, 6) is 0.114. The number of hydrogen-bond acceptors (Lipinski definition) is 4. The van der Waals surface area contributed by atoms with Crippen molar-refractivity contribution in [2.45, 2.75) is 13.2 Å². The first-order valence-corrected chi connectivity index (χ1v) is 5.61. The Bertz CT molecular complexity index is 484. The number of halogens is 2. The van der Waals surface area contributed by atoms with Gasteiger partial charge < -0.3 is 9.84 Å². The lowest BCUT2D eigenvalue weighted by atomic mass is 10.2. The second kappa shape index (κ2) is 5.20. The Morgan fingerprint density at radius 2 is 2.00 bits per heavy atom. The molecule has 17 heavy (non-hydrogen) atoms. The third-order valence-corrected chi connectivity index (χ3v) is 3.07. The van der Waals surface area contributed by atoms with Crippen LogP contribution < -0.4 is 4.74 Å². The Balaban J connectivity index is 2.17. The molecule has 3 nitrogen and oxygen atoms in total. The molecule has 1 aromatic heterocycles. The van der Waals surface area contributed by atoms with Crippen LogP contribution in [0.25, 0.3) is 10.6 Å². The highest BCUT2D eigenvalue weighted by molar-refractivity contribution is 7.15. The van der Waals surface area contributed by atoms with Gasteiger partial charge in [-0.15, -0.1) is 11.3 Å². The highest BCUT2D eigenvalue weighted by Gasteiger charge is 2.06. The van der Waals surface area contributed by atoms with Crippen LogP contribution in [0.1, 0.15) is 4.88 Å². The molecule has 1 aromatic carbocycles. The van der Waals surface area contributed by atoms with E-state index in [-0.39, 0.29) is 12.4 Å². The molecule has 0 amide bonds. The fourth-order valence-electron chi connectivity index (χ4n) is 1.29. The summed E-state index contributed by atoms with van der Waals surface area (Å²) in [6, 6.07) is 6.22. The highest BCUT2D eigenvalue weighted by atomic mass is 32.1. The van der Waals surface area contributed by atoms with Gasteiger partial charge in [0.1, 0.15) is 10.8 Å². The van der Waals surface area contributed by atoms with Gasteiger partial charge in [-0.05, 0) is 24.3 Å². The van der Waals surface area contributed by atoms with Gasteiger partial charge in [-0.25, -0.2) is 4.98 Å². The minimum Gasteiger partial charge on any atom is -0.435 e. The molecule has 0 fully saturated rings. The van der Waals surface area contributed by atoms with E-state index in [4.69, 9.17) is 5.11 Å². The van der Waals surface area contributed by atoms with E-state index < -0.39 is 6.61 Å². The van der Waals surface area contributed by atoms with Gasteiger partial charge in [-0.2, -0.15) is 8.78 Å². The van der Waals surface area contributed by atoms with Crippen molar-refractivity contribution < 1.29 is 18.6 Å². The maximum Gasteiger partial charge on any atom is 0.387 e. The zero-order valence-electron chi connectivity index (χ0n) is 8.64. The van der Waals surface area contributed by atoms with E-state index in [1.54, 1.807) is 18.3 Å². The molecule has 1 heterocycles. The number of alkyl halides is 2. The van der Waals surface area contributed by atoms with Crippen LogP contribution in [0.3, 0.4) is 0 Å². The maximum absolute atomic E-state index is 11.9. The van der Waals surface area contributed by atoms with Crippen molar-refractivity contribution in [1.29, 1.82) is 0 Å². The van der Waals surface area contributed by atoms with Gasteiger partial charge in [0.2, 0.25) is 0 Å². The monoisotopic (exact) mass is 257 g/mol. The third-order valence-electron chi connectivity index (χ3n) is 2.04. The summed E-state index contributed by atoms with van der Waals surface area (Å²) < 4.78 is 28.1. The summed E-state index contributed by atoms with van der Waals surface area (Å²) in [5.41, 5.74) is 0.802. The molecule has 2 rings (SSSR count). The van der Waals surface area contributed by atoms with Crippen molar-refractivity contribution in [1.82, 2.24) is 4.98 Å². The highest BCUT2D eigenvalue weighted by Crippen LogP contribution is 2.27. The van der Waals surface area contributed by atoms with Crippen LogP contribution in [0.15, 0.2) is 30.5 Å². The van der Waals surface area contributed by atoms with Crippen molar-refractivity contribution in [3.05, 3.63) is 35.3 Å². The van der Waals surface area contributed by atoms with Crippen LogP contribution in [0.4, 0.5) is 8.78 Å². The fourth-order valence-corrected chi connectivity index (χ4v) is 2.07. The molecule has 0 radical (unpaired) electrons. The molecule has 0 aliphatic heterocycles. The van der Waals surface area contributed by atoms with Gasteiger partial charge >= 0.3 is 6.61 Å². The molecule has 0 unspecified atom stereocenters. The van der Waals surface area contributed by atoms with Crippen LogP contribution >= 0.6 is 11.3 Å². The second-order valence-corrected chi connectivity index (χ2v) is 4.31. The van der Waals surface area contributed by atoms with E-state index in [0.29, 0.717) is 0 Å². The minimum atomic E-state index is -2.82. The van der Waals surface area contributed by atoms with Gasteiger partial charge in [-0.3, -0.25) is 0 Å². The van der Waals surface area contributed by atoms with E-state index in [1.807, 2.05) is 0 Å². The first-order valence-electron chi connectivity index (χ1n) is 4.80. The lowest BCUT2D eigenvalue weighted by Crippen LogP contribution is -2.01. The molecular formula is C11H9F2NO2S. The predicted octanol–water partition coefficient (Wildman–Crippen LogP) is 2.90. The summed E-state index contributed by atoms with van der Waals surface area (Å²) in [4.78, 5) is 4.87. The maximum atomic E-state index is 11.9. The van der Waals surface area contributed by atoms with Crippen LogP contribution in [-0.4, -0.2) is 16.7 Å². The average Bonchev–Trinajstić information content (AvgIpc) is 2.78. The van der Waals surface area contributed by atoms with Gasteiger partial charge in [0.15, 0.2) is 0 Å². The standard InChI is InChI=1S/C11H9F2NO2S/c12-11(13)16-8-3-1-7(2-4-8)10-14-5-9(6-15)17-10/h1-5,11,15H,6H2. The number of aliphatic hydroxyl groups excluding tert-OH is 1. The van der Waals surface area contributed by atoms with E-state index in [1.165, 1.54) is 23.5 Å². The van der Waals surface area contributed by atoms with Crippen molar-refractivity contribution in [3.8, 4) is 16.3 Å². The van der Waals surface area contributed by atoms with Crippen molar-refractivity contribution in [2.24, 2.45) is 0 Å². The van der Waals surface area contributed by atoms with Gasteiger partial charge in [0.25, 0.3) is 0 Å². The summed E-state index contributed by atoms with van der Waals surface area (Å²) in [7, 11) is 0. The van der Waals surface area contributed by atoms with Crippen LogP contribution in [0, 0.1) is 0 Å². The normalized spacial score (nSPS) is 10.8. The molecule has 0 bridgehead atoms. The quantitative estimate of drug-likeness (QED) is 0.915. The van der Waals surface area contributed by atoms with Gasteiger partial charge in [0, 0.05) is 11.8 Å². The SMILES string of the molecule is OCc1cnc(-c2ccc(OC(F)F)cc2)s1. The van der Waals surface area contributed by atoms with Crippen LogP contribution in [0.5, 0.6) is 5.75 Å². The number of ether oxygens (including phenoxy) is 1. The number of rotatable bonds is 4. The smallest absolute Gasteiger partial charge is 0.387 e. The molecule has 2 aromatic rings. The zero-order chi connectivity index (χ0) is 12.3. The summed E-state index contributed by atoms with van der Waals surface area (Å²) >= 11 is 1.36. The largest absolute Gasteiger partial charge is 0.435 e.